The van der Waals surface area contributed by atoms with Gasteiger partial charge < -0.3 is 19.9 Å². The minimum Gasteiger partial charge on any atom is -0.462 e. The molecule has 4 aliphatic rings. The maximum Gasteiger partial charge on any atom is 0.293 e. The molecule has 62 heavy (non-hydrogen) atoms. The molecule has 0 atom stereocenters. The van der Waals surface area contributed by atoms with Gasteiger partial charge in [0.05, 0.1) is 18.1 Å². The van der Waals surface area contributed by atoms with Gasteiger partial charge in [0.2, 0.25) is 17.7 Å². The Labute approximate surface area is 370 Å². The maximum absolute atomic E-state index is 13.0. The van der Waals surface area contributed by atoms with Crippen LogP contribution in [0.25, 0.3) is 0 Å². The molecule has 7 rings (SSSR count). The van der Waals surface area contributed by atoms with Gasteiger partial charge >= 0.3 is 0 Å². The number of carbonyl (C=O) groups excluding carboxylic acids is 4. The van der Waals surface area contributed by atoms with Crippen LogP contribution in [-0.4, -0.2) is 114 Å². The van der Waals surface area contributed by atoms with Gasteiger partial charge in [-0.15, -0.1) is 0 Å². The molecule has 2 saturated heterocycles. The normalized spacial score (nSPS) is 26.5. The number of aromatic nitrogens is 2. The van der Waals surface area contributed by atoms with Gasteiger partial charge in [0.1, 0.15) is 11.9 Å². The highest BCUT2D eigenvalue weighted by Crippen LogP contribution is 2.53. The molecule has 4 fully saturated rings. The molecule has 0 radical (unpaired) electrons. The molecule has 2 aromatic carbocycles. The van der Waals surface area contributed by atoms with Crippen LogP contribution in [0, 0.1) is 16.2 Å². The zero-order chi connectivity index (χ0) is 44.8. The van der Waals surface area contributed by atoms with E-state index in [0.29, 0.717) is 50.9 Å². The standard InChI is InChI=1S/C27H37N5O2.C23H34N2O3/c1-25(2,24(34)30-22-17-28-20-29-18-22)14-15-32-19-26(16-23(32)33)10-12-27(13-11-26,31(3)4)21-8-6-5-7-9-21;1-21(2,28-18-26)14-15-25-17-22(16-20(25)27)10-12-23(13-11-22,24(3)4)19-8-6-5-7-9-19/h5-9,17-18,20H,10-16,19H2,1-4H3,(H,30,34);5-9,18H,10-17H2,1-4H3. The van der Waals surface area contributed by atoms with Gasteiger partial charge in [0.15, 0.2) is 0 Å². The SMILES string of the molecule is CN(C)C1(c2ccccc2)CCC2(CC1)CC(=O)N(CCC(C)(C)C(=O)Nc1cncnc1)C2.CN(C)C1(c2ccccc2)CCC2(CC1)CC(=O)N(CCC(C)(C)OC=O)C2. The van der Waals surface area contributed by atoms with Crippen LogP contribution >= 0.6 is 0 Å². The average Bonchev–Trinajstić information content (AvgIpc) is 3.74. The molecular formula is C50H71N7O5. The Morgan fingerprint density at radius 2 is 1.11 bits per heavy atom. The Morgan fingerprint density at radius 3 is 1.52 bits per heavy atom. The van der Waals surface area contributed by atoms with E-state index in [1.54, 1.807) is 12.4 Å². The summed E-state index contributed by atoms with van der Waals surface area (Å²) in [5.74, 6) is 0.392. The average molecular weight is 850 g/mol. The van der Waals surface area contributed by atoms with Crippen LogP contribution in [-0.2, 0) is 35.0 Å². The Morgan fingerprint density at radius 1 is 0.694 bits per heavy atom. The molecule has 2 aliphatic heterocycles. The highest BCUT2D eigenvalue weighted by molar-refractivity contribution is 5.94. The molecular weight excluding hydrogens is 779 g/mol. The molecule has 2 spiro atoms. The minimum absolute atomic E-state index is 0.0320. The van der Waals surface area contributed by atoms with Crippen LogP contribution in [0.1, 0.15) is 116 Å². The number of anilines is 1. The number of carbonyl (C=O) groups is 4. The van der Waals surface area contributed by atoms with Crippen molar-refractivity contribution in [2.24, 2.45) is 16.2 Å². The number of rotatable bonds is 14. The molecule has 3 aromatic rings. The van der Waals surface area contributed by atoms with E-state index in [9.17, 15) is 19.2 Å². The molecule has 12 heteroatoms. The van der Waals surface area contributed by atoms with E-state index in [2.05, 4.69) is 114 Å². The second-order valence-electron chi connectivity index (χ2n) is 20.5. The van der Waals surface area contributed by atoms with Gasteiger partial charge in [0.25, 0.3) is 6.47 Å². The van der Waals surface area contributed by atoms with Crippen molar-refractivity contribution < 1.29 is 23.9 Å². The van der Waals surface area contributed by atoms with Gasteiger partial charge in [-0.3, -0.25) is 29.0 Å². The van der Waals surface area contributed by atoms with Crippen LogP contribution in [0.15, 0.2) is 79.4 Å². The summed E-state index contributed by atoms with van der Waals surface area (Å²) in [4.78, 5) is 65.7. The third kappa shape index (κ3) is 10.4. The first-order valence-electron chi connectivity index (χ1n) is 22.6. The molecule has 3 heterocycles. The van der Waals surface area contributed by atoms with E-state index < -0.39 is 11.0 Å². The fourth-order valence-corrected chi connectivity index (χ4v) is 10.7. The first-order valence-corrected chi connectivity index (χ1v) is 22.6. The number of nitrogens with one attached hydrogen (secondary N) is 1. The van der Waals surface area contributed by atoms with Crippen molar-refractivity contribution in [3.8, 4) is 0 Å². The number of amides is 3. The highest BCUT2D eigenvalue weighted by Gasteiger charge is 2.52. The van der Waals surface area contributed by atoms with Gasteiger partial charge in [-0.25, -0.2) is 9.97 Å². The predicted molar refractivity (Wildman–Crippen MR) is 243 cm³/mol. The van der Waals surface area contributed by atoms with E-state index in [1.165, 1.54) is 17.5 Å². The molecule has 2 aliphatic carbocycles. The fourth-order valence-electron chi connectivity index (χ4n) is 10.7. The second-order valence-corrected chi connectivity index (χ2v) is 20.5. The molecule has 0 unspecified atom stereocenters. The van der Waals surface area contributed by atoms with E-state index in [-0.39, 0.29) is 39.6 Å². The fraction of sp³-hybridized carbons (Fsp3) is 0.600. The van der Waals surface area contributed by atoms with Crippen molar-refractivity contribution in [3.05, 3.63) is 90.5 Å². The zero-order valence-electron chi connectivity index (χ0n) is 38.6. The summed E-state index contributed by atoms with van der Waals surface area (Å²) in [5, 5.41) is 2.89. The van der Waals surface area contributed by atoms with E-state index in [4.69, 9.17) is 4.74 Å². The Hall–Kier alpha value is -4.68. The van der Waals surface area contributed by atoms with Gasteiger partial charge in [0, 0.05) is 61.9 Å². The first-order chi connectivity index (χ1) is 29.4. The summed E-state index contributed by atoms with van der Waals surface area (Å²) < 4.78 is 5.14. The van der Waals surface area contributed by atoms with E-state index >= 15 is 0 Å². The molecule has 1 N–H and O–H groups in total. The summed E-state index contributed by atoms with van der Waals surface area (Å²) in [5.41, 5.74) is 2.44. The van der Waals surface area contributed by atoms with Crippen LogP contribution in [0.5, 0.6) is 0 Å². The lowest BCUT2D eigenvalue weighted by atomic mass is 9.64. The molecule has 12 nitrogen and oxygen atoms in total. The lowest BCUT2D eigenvalue weighted by molar-refractivity contribution is -0.141. The Kier molecular flexibility index (Phi) is 14.3. The van der Waals surface area contributed by atoms with Crippen molar-refractivity contribution in [3.63, 3.8) is 0 Å². The van der Waals surface area contributed by atoms with Crippen LogP contribution in [0.4, 0.5) is 5.69 Å². The van der Waals surface area contributed by atoms with Crippen molar-refractivity contribution in [1.82, 2.24) is 29.6 Å². The first kappa shape index (κ1) is 46.8. The Balaban J connectivity index is 0.000000211. The number of hydrogen-bond acceptors (Lipinski definition) is 9. The smallest absolute Gasteiger partial charge is 0.293 e. The lowest BCUT2D eigenvalue weighted by Gasteiger charge is -2.49. The van der Waals surface area contributed by atoms with Crippen LogP contribution < -0.4 is 5.32 Å². The number of nitrogens with zero attached hydrogens (tertiary/aromatic N) is 6. The highest BCUT2D eigenvalue weighted by atomic mass is 16.5. The third-order valence-corrected chi connectivity index (χ3v) is 15.2. The molecule has 336 valence electrons. The van der Waals surface area contributed by atoms with Gasteiger partial charge in [-0.1, -0.05) is 74.5 Å². The van der Waals surface area contributed by atoms with Crippen molar-refractivity contribution in [2.75, 3.05) is 59.7 Å². The molecule has 1 aromatic heterocycles. The predicted octanol–water partition coefficient (Wildman–Crippen LogP) is 7.66. The molecule has 0 bridgehead atoms. The number of likely N-dealkylation sites (tertiary alicyclic amines) is 2. The number of ether oxygens (including phenoxy) is 1. The summed E-state index contributed by atoms with van der Waals surface area (Å²) >= 11 is 0. The summed E-state index contributed by atoms with van der Waals surface area (Å²) in [6.45, 7) is 11.0. The van der Waals surface area contributed by atoms with Gasteiger partial charge in [-0.2, -0.15) is 0 Å². The largest absolute Gasteiger partial charge is 0.462 e. The van der Waals surface area contributed by atoms with Crippen molar-refractivity contribution in [1.29, 1.82) is 0 Å². The summed E-state index contributed by atoms with van der Waals surface area (Å²) in [6.07, 6.45) is 15.6. The van der Waals surface area contributed by atoms with Crippen molar-refractivity contribution in [2.45, 2.75) is 121 Å². The van der Waals surface area contributed by atoms with Gasteiger partial charge in [-0.05, 0) is 122 Å². The zero-order valence-corrected chi connectivity index (χ0v) is 38.6. The number of hydrogen-bond donors (Lipinski definition) is 1. The van der Waals surface area contributed by atoms with Crippen molar-refractivity contribution >= 4 is 29.9 Å². The molecule has 3 amide bonds. The lowest BCUT2D eigenvalue weighted by Crippen LogP contribution is -2.47. The quantitative estimate of drug-likeness (QED) is 0.163. The monoisotopic (exact) mass is 850 g/mol. The van der Waals surface area contributed by atoms with E-state index in [0.717, 1.165) is 64.5 Å². The van der Waals surface area contributed by atoms with Crippen LogP contribution in [0.3, 0.4) is 0 Å². The Bertz CT molecular complexity index is 1970. The summed E-state index contributed by atoms with van der Waals surface area (Å²) in [7, 11) is 8.69. The molecule has 2 saturated carbocycles. The van der Waals surface area contributed by atoms with E-state index in [1.807, 2.05) is 37.5 Å². The van der Waals surface area contributed by atoms with Crippen LogP contribution in [0.2, 0.25) is 0 Å². The minimum atomic E-state index is -0.605. The third-order valence-electron chi connectivity index (χ3n) is 15.2. The summed E-state index contributed by atoms with van der Waals surface area (Å²) in [6, 6.07) is 21.6. The second kappa shape index (κ2) is 19.0. The maximum atomic E-state index is 13.0. The number of benzene rings is 2. The topological polar surface area (TPSA) is 128 Å².